The Morgan fingerprint density at radius 1 is 1.25 bits per heavy atom. The number of carbonyl (C=O) groups is 1. The fourth-order valence-electron chi connectivity index (χ4n) is 2.59. The number of nitrogens with one attached hydrogen (secondary N) is 1. The van der Waals surface area contributed by atoms with Crippen molar-refractivity contribution in [2.75, 3.05) is 19.6 Å². The summed E-state index contributed by atoms with van der Waals surface area (Å²) in [7, 11) is 0. The minimum absolute atomic E-state index is 0.317. The second-order valence-electron chi connectivity index (χ2n) is 5.21. The Labute approximate surface area is 98.6 Å². The lowest BCUT2D eigenvalue weighted by Crippen LogP contribution is -2.46. The molecule has 1 amide bonds. The quantitative estimate of drug-likeness (QED) is 0.789. The smallest absolute Gasteiger partial charge is 0.222 e. The normalized spacial score (nSPS) is 23.2. The molecular weight excluding hydrogens is 200 g/mol. The van der Waals surface area contributed by atoms with E-state index in [1.165, 1.54) is 25.8 Å². The first kappa shape index (κ1) is 11.9. The molecular formula is C13H24N2O. The molecule has 1 aliphatic heterocycles. The zero-order valence-corrected chi connectivity index (χ0v) is 10.4. The molecule has 3 nitrogen and oxygen atoms in total. The summed E-state index contributed by atoms with van der Waals surface area (Å²) in [5.74, 6) is 1.26. The maximum Gasteiger partial charge on any atom is 0.222 e. The molecule has 0 aromatic carbocycles. The van der Waals surface area contributed by atoms with E-state index < -0.39 is 0 Å². The Morgan fingerprint density at radius 2 is 1.94 bits per heavy atom. The van der Waals surface area contributed by atoms with E-state index in [1.54, 1.807) is 0 Å². The van der Waals surface area contributed by atoms with Crippen LogP contribution in [0, 0.1) is 5.92 Å². The summed E-state index contributed by atoms with van der Waals surface area (Å²) in [4.78, 5) is 13.5. The number of rotatable bonds is 4. The first-order chi connectivity index (χ1) is 7.79. The predicted molar refractivity (Wildman–Crippen MR) is 65.2 cm³/mol. The van der Waals surface area contributed by atoms with Crippen molar-refractivity contribution in [2.24, 2.45) is 5.92 Å². The second kappa shape index (κ2) is 5.67. The molecule has 92 valence electrons. The number of nitrogens with zero attached hydrogens (tertiary/aromatic N) is 1. The lowest BCUT2D eigenvalue weighted by Gasteiger charge is -2.34. The molecule has 1 N–H and O–H groups in total. The first-order valence-electron chi connectivity index (χ1n) is 6.80. The summed E-state index contributed by atoms with van der Waals surface area (Å²) in [5, 5.41) is 3.66. The van der Waals surface area contributed by atoms with Crippen LogP contribution in [0.5, 0.6) is 0 Å². The molecule has 2 fully saturated rings. The van der Waals surface area contributed by atoms with Crippen molar-refractivity contribution in [3.8, 4) is 0 Å². The highest BCUT2D eigenvalue weighted by molar-refractivity contribution is 5.75. The van der Waals surface area contributed by atoms with Crippen molar-refractivity contribution in [1.82, 2.24) is 10.2 Å². The van der Waals surface area contributed by atoms with Gasteiger partial charge in [0, 0.05) is 25.6 Å². The molecule has 0 spiro atoms. The summed E-state index contributed by atoms with van der Waals surface area (Å²) in [5.41, 5.74) is 0. The monoisotopic (exact) mass is 224 g/mol. The Balaban J connectivity index is 1.62. The van der Waals surface area contributed by atoms with Crippen LogP contribution in [0.4, 0.5) is 0 Å². The Kier molecular flexibility index (Phi) is 4.22. The van der Waals surface area contributed by atoms with Gasteiger partial charge in [0.15, 0.2) is 0 Å². The van der Waals surface area contributed by atoms with E-state index in [4.69, 9.17) is 0 Å². The van der Waals surface area contributed by atoms with E-state index in [2.05, 4.69) is 5.32 Å². The van der Waals surface area contributed by atoms with Gasteiger partial charge in [-0.1, -0.05) is 13.3 Å². The molecule has 0 aromatic rings. The van der Waals surface area contributed by atoms with Crippen LogP contribution in [0.3, 0.4) is 0 Å². The van der Waals surface area contributed by atoms with E-state index in [0.717, 1.165) is 31.8 Å². The Morgan fingerprint density at radius 3 is 2.44 bits per heavy atom. The lowest BCUT2D eigenvalue weighted by molar-refractivity contribution is -0.131. The molecule has 3 heteroatoms. The first-order valence-corrected chi connectivity index (χ1v) is 6.80. The van der Waals surface area contributed by atoms with Gasteiger partial charge >= 0.3 is 0 Å². The number of carbonyl (C=O) groups excluding carboxylic acids is 1. The molecule has 1 saturated carbocycles. The lowest BCUT2D eigenvalue weighted by atomic mass is 9.85. The third-order valence-corrected chi connectivity index (χ3v) is 4.07. The number of likely N-dealkylation sites (tertiary alicyclic amines) is 1. The van der Waals surface area contributed by atoms with Crippen molar-refractivity contribution in [3.05, 3.63) is 0 Å². The van der Waals surface area contributed by atoms with Gasteiger partial charge in [-0.25, -0.2) is 0 Å². The number of hydrogen-bond donors (Lipinski definition) is 1. The van der Waals surface area contributed by atoms with Gasteiger partial charge in [-0.2, -0.15) is 0 Å². The summed E-state index contributed by atoms with van der Waals surface area (Å²) in [6, 6.07) is 0.654. The van der Waals surface area contributed by atoms with E-state index in [-0.39, 0.29) is 0 Å². The predicted octanol–water partition coefficient (Wildman–Crippen LogP) is 1.78. The molecule has 0 atom stereocenters. The van der Waals surface area contributed by atoms with Crippen molar-refractivity contribution in [2.45, 2.75) is 51.5 Å². The highest BCUT2D eigenvalue weighted by atomic mass is 16.2. The third-order valence-electron chi connectivity index (χ3n) is 4.07. The van der Waals surface area contributed by atoms with Crippen LogP contribution in [0.2, 0.25) is 0 Å². The van der Waals surface area contributed by atoms with Gasteiger partial charge in [-0.05, 0) is 38.1 Å². The highest BCUT2D eigenvalue weighted by Crippen LogP contribution is 2.25. The molecule has 0 radical (unpaired) electrons. The zero-order chi connectivity index (χ0) is 11.4. The van der Waals surface area contributed by atoms with Crippen LogP contribution in [0.1, 0.15) is 45.4 Å². The van der Waals surface area contributed by atoms with Gasteiger partial charge in [0.1, 0.15) is 0 Å². The molecule has 0 bridgehead atoms. The van der Waals surface area contributed by atoms with Crippen LogP contribution in [0.25, 0.3) is 0 Å². The standard InChI is InChI=1S/C13H24N2O/c1-2-13(16)15-8-6-12(7-9-15)14-10-11-4-3-5-11/h11-12,14H,2-10H2,1H3. The van der Waals surface area contributed by atoms with E-state index in [0.29, 0.717) is 18.4 Å². The highest BCUT2D eigenvalue weighted by Gasteiger charge is 2.23. The fraction of sp³-hybridized carbons (Fsp3) is 0.923. The molecule has 2 rings (SSSR count). The van der Waals surface area contributed by atoms with Crippen molar-refractivity contribution in [1.29, 1.82) is 0 Å². The molecule has 0 unspecified atom stereocenters. The van der Waals surface area contributed by atoms with Crippen molar-refractivity contribution in [3.63, 3.8) is 0 Å². The summed E-state index contributed by atoms with van der Waals surface area (Å²) in [6.07, 6.45) is 7.19. The van der Waals surface area contributed by atoms with Crippen LogP contribution < -0.4 is 5.32 Å². The minimum Gasteiger partial charge on any atom is -0.343 e. The Hall–Kier alpha value is -0.570. The van der Waals surface area contributed by atoms with Gasteiger partial charge < -0.3 is 10.2 Å². The fourth-order valence-corrected chi connectivity index (χ4v) is 2.59. The third kappa shape index (κ3) is 2.97. The van der Waals surface area contributed by atoms with Crippen LogP contribution in [-0.2, 0) is 4.79 Å². The van der Waals surface area contributed by atoms with Gasteiger partial charge in [0.25, 0.3) is 0 Å². The molecule has 1 heterocycles. The largest absolute Gasteiger partial charge is 0.343 e. The summed E-state index contributed by atoms with van der Waals surface area (Å²) in [6.45, 7) is 5.06. The average Bonchev–Trinajstić information content (AvgIpc) is 2.27. The van der Waals surface area contributed by atoms with Crippen molar-refractivity contribution >= 4 is 5.91 Å². The Bertz CT molecular complexity index is 230. The molecule has 1 aliphatic carbocycles. The average molecular weight is 224 g/mol. The van der Waals surface area contributed by atoms with Crippen molar-refractivity contribution < 1.29 is 4.79 Å². The van der Waals surface area contributed by atoms with Gasteiger partial charge in [0.05, 0.1) is 0 Å². The second-order valence-corrected chi connectivity index (χ2v) is 5.21. The number of hydrogen-bond acceptors (Lipinski definition) is 2. The zero-order valence-electron chi connectivity index (χ0n) is 10.4. The van der Waals surface area contributed by atoms with E-state index in [1.807, 2.05) is 11.8 Å². The molecule has 0 aromatic heterocycles. The topological polar surface area (TPSA) is 32.3 Å². The maximum absolute atomic E-state index is 11.5. The van der Waals surface area contributed by atoms with Crippen LogP contribution in [0.15, 0.2) is 0 Å². The van der Waals surface area contributed by atoms with E-state index in [9.17, 15) is 4.79 Å². The van der Waals surface area contributed by atoms with Gasteiger partial charge in [-0.3, -0.25) is 4.79 Å². The number of amides is 1. The SMILES string of the molecule is CCC(=O)N1CCC(NCC2CCC2)CC1. The van der Waals surface area contributed by atoms with Crippen LogP contribution >= 0.6 is 0 Å². The number of piperidine rings is 1. The van der Waals surface area contributed by atoms with Gasteiger partial charge in [-0.15, -0.1) is 0 Å². The van der Waals surface area contributed by atoms with Crippen LogP contribution in [-0.4, -0.2) is 36.5 Å². The molecule has 1 saturated heterocycles. The molecule has 2 aliphatic rings. The van der Waals surface area contributed by atoms with Gasteiger partial charge in [0.2, 0.25) is 5.91 Å². The minimum atomic E-state index is 0.317. The maximum atomic E-state index is 11.5. The summed E-state index contributed by atoms with van der Waals surface area (Å²) < 4.78 is 0. The molecule has 16 heavy (non-hydrogen) atoms. The summed E-state index contributed by atoms with van der Waals surface area (Å²) >= 11 is 0. The van der Waals surface area contributed by atoms with E-state index >= 15 is 0 Å².